The van der Waals surface area contributed by atoms with Crippen molar-refractivity contribution in [2.45, 2.75) is 103 Å². The Morgan fingerprint density at radius 1 is 0.474 bits per heavy atom. The molecule has 0 amide bonds. The molecule has 2 aliphatic rings. The maximum Gasteiger partial charge on any atom is 0.341 e. The zero-order valence-corrected chi connectivity index (χ0v) is 43.6. The summed E-state index contributed by atoms with van der Waals surface area (Å²) in [5.41, 5.74) is 0.149. The van der Waals surface area contributed by atoms with E-state index in [-0.39, 0.29) is 132 Å². The van der Waals surface area contributed by atoms with Gasteiger partial charge >= 0.3 is 65.7 Å². The van der Waals surface area contributed by atoms with Gasteiger partial charge in [0.1, 0.15) is 56.7 Å². The Hall–Kier alpha value is -7.21. The average Bonchev–Trinajstić information content (AvgIpc) is 3.40. The lowest BCUT2D eigenvalue weighted by atomic mass is 9.82. The van der Waals surface area contributed by atoms with Gasteiger partial charge in [-0.15, -0.1) is 0 Å². The summed E-state index contributed by atoms with van der Waals surface area (Å²) in [6.07, 6.45) is -0.693. The van der Waals surface area contributed by atoms with Crippen molar-refractivity contribution in [2.75, 3.05) is 74.2 Å². The summed E-state index contributed by atoms with van der Waals surface area (Å²) in [5, 5.41) is 0. The minimum absolute atomic E-state index is 0.0159. The first-order chi connectivity index (χ1) is 36.2. The molecule has 0 aliphatic heterocycles. The lowest BCUT2D eigenvalue weighted by molar-refractivity contribution is -0.162. The first-order valence-electron chi connectivity index (χ1n) is 24.6. The molecule has 0 bridgehead atoms. The fourth-order valence-corrected chi connectivity index (χ4v) is 7.49. The lowest BCUT2D eigenvalue weighted by Gasteiger charge is -2.26. The third-order valence-electron chi connectivity index (χ3n) is 11.6. The van der Waals surface area contributed by atoms with E-state index in [1.165, 1.54) is 46.3 Å². The molecule has 0 heterocycles. The SMILES string of the molecule is C=C(C)C(=O)OCC(COC)OC(=O)CCC(=O)OCCOC(=O)C1CCC(C(=O)Oc2ccc(OC(=O)C3CCC(C(=O)OCCOC(=O)CCC(=O)OCC(COC)OC(=O)C(=C)C)CC3)cc2C(=O)OC)CC1. The van der Waals surface area contributed by atoms with E-state index < -0.39 is 102 Å². The number of esters is 11. The summed E-state index contributed by atoms with van der Waals surface area (Å²) in [6.45, 7) is 8.27. The summed E-state index contributed by atoms with van der Waals surface area (Å²) in [5.74, 6) is -9.87. The van der Waals surface area contributed by atoms with Crippen LogP contribution in [-0.4, -0.2) is 152 Å². The van der Waals surface area contributed by atoms with E-state index in [1.54, 1.807) is 0 Å². The Bertz CT molecular complexity index is 2220. The van der Waals surface area contributed by atoms with Crippen molar-refractivity contribution in [1.29, 1.82) is 0 Å². The van der Waals surface area contributed by atoms with Crippen LogP contribution in [0.3, 0.4) is 0 Å². The molecule has 2 unspecified atom stereocenters. The lowest BCUT2D eigenvalue weighted by Crippen LogP contribution is -2.30. The number of carbonyl (C=O) groups excluding carboxylic acids is 11. The fourth-order valence-electron chi connectivity index (χ4n) is 7.49. The van der Waals surface area contributed by atoms with Crippen LogP contribution in [0.2, 0.25) is 0 Å². The summed E-state index contributed by atoms with van der Waals surface area (Å²) in [7, 11) is 3.88. The van der Waals surface area contributed by atoms with Crippen LogP contribution >= 0.6 is 0 Å². The molecule has 24 heteroatoms. The molecule has 0 aromatic heterocycles. The van der Waals surface area contributed by atoms with E-state index >= 15 is 0 Å². The first kappa shape index (κ1) is 63.1. The number of rotatable bonds is 31. The summed E-state index contributed by atoms with van der Waals surface area (Å²) in [4.78, 5) is 137. The fraction of sp³-hybridized carbons (Fsp3) is 0.596. The Kier molecular flexibility index (Phi) is 27.9. The molecule has 2 saturated carbocycles. The predicted octanol–water partition coefficient (Wildman–Crippen LogP) is 3.99. The smallest absolute Gasteiger partial charge is 0.341 e. The van der Waals surface area contributed by atoms with E-state index in [9.17, 15) is 52.7 Å². The third-order valence-corrected chi connectivity index (χ3v) is 11.6. The Morgan fingerprint density at radius 3 is 1.34 bits per heavy atom. The van der Waals surface area contributed by atoms with Crippen molar-refractivity contribution in [3.05, 3.63) is 48.1 Å². The molecule has 0 radical (unpaired) electrons. The van der Waals surface area contributed by atoms with Crippen molar-refractivity contribution in [3.63, 3.8) is 0 Å². The molecule has 24 nitrogen and oxygen atoms in total. The van der Waals surface area contributed by atoms with Gasteiger partial charge in [-0.1, -0.05) is 13.2 Å². The minimum Gasteiger partial charge on any atom is -0.465 e. The van der Waals surface area contributed by atoms with Gasteiger partial charge in [-0.05, 0) is 83.4 Å². The molecule has 0 N–H and O–H groups in total. The summed E-state index contributed by atoms with van der Waals surface area (Å²) in [6, 6.07) is 3.86. The summed E-state index contributed by atoms with van der Waals surface area (Å²) >= 11 is 0. The number of hydrogen-bond donors (Lipinski definition) is 0. The minimum atomic E-state index is -0.894. The maximum absolute atomic E-state index is 13.2. The van der Waals surface area contributed by atoms with Gasteiger partial charge in [0.2, 0.25) is 0 Å². The molecule has 0 spiro atoms. The quantitative estimate of drug-likeness (QED) is 0.0334. The molecule has 2 aliphatic carbocycles. The average molecular weight is 1080 g/mol. The van der Waals surface area contributed by atoms with E-state index in [0.29, 0.717) is 25.7 Å². The molecule has 3 rings (SSSR count). The van der Waals surface area contributed by atoms with Gasteiger partial charge in [0, 0.05) is 25.4 Å². The maximum atomic E-state index is 13.2. The molecular weight excluding hydrogens is 1010 g/mol. The number of hydrogen-bond acceptors (Lipinski definition) is 24. The van der Waals surface area contributed by atoms with E-state index in [1.807, 2.05) is 0 Å². The highest BCUT2D eigenvalue weighted by molar-refractivity contribution is 5.94. The number of benzene rings is 1. The molecular formula is C52H68O24. The predicted molar refractivity (Wildman–Crippen MR) is 257 cm³/mol. The van der Waals surface area contributed by atoms with E-state index in [4.69, 9.17) is 61.6 Å². The molecule has 1 aromatic carbocycles. The molecule has 1 aromatic rings. The van der Waals surface area contributed by atoms with Gasteiger partial charge in [-0.25, -0.2) is 14.4 Å². The zero-order valence-electron chi connectivity index (χ0n) is 43.6. The second kappa shape index (κ2) is 33.7. The van der Waals surface area contributed by atoms with Crippen molar-refractivity contribution in [3.8, 4) is 11.5 Å². The van der Waals surface area contributed by atoms with Crippen LogP contribution in [0.4, 0.5) is 0 Å². The summed E-state index contributed by atoms with van der Waals surface area (Å²) < 4.78 is 67.0. The van der Waals surface area contributed by atoms with Crippen LogP contribution < -0.4 is 9.47 Å². The van der Waals surface area contributed by atoms with Gasteiger partial charge in [0.05, 0.1) is 69.7 Å². The number of methoxy groups -OCH3 is 3. The number of carbonyl (C=O) groups is 11. The normalized spacial score (nSPS) is 17.6. The highest BCUT2D eigenvalue weighted by atomic mass is 16.6. The van der Waals surface area contributed by atoms with Crippen LogP contribution in [0, 0.1) is 23.7 Å². The highest BCUT2D eigenvalue weighted by Crippen LogP contribution is 2.34. The Balaban J connectivity index is 1.34. The van der Waals surface area contributed by atoms with Gasteiger partial charge in [-0.3, -0.25) is 38.4 Å². The third kappa shape index (κ3) is 23.1. The molecule has 76 heavy (non-hydrogen) atoms. The van der Waals surface area contributed by atoms with Crippen LogP contribution in [0.25, 0.3) is 0 Å². The van der Waals surface area contributed by atoms with E-state index in [0.717, 1.165) is 7.11 Å². The second-order valence-electron chi connectivity index (χ2n) is 17.8. The standard InChI is InChI=1S/C52H68O24/c1-31(2)46(57)72-30-38(27-64-5)73-45(56)21-20-43(54)68-23-25-70-49(60)34-10-14-36(15-11-34)51(62)76-41-17-16-37(26-40(41)52(63)66-7)74-50(61)35-12-8-33(9-13-35)48(59)69-24-22-67-42(53)18-19-44(55)71-29-39(28-65-6)75-47(58)32(3)4/h16-17,26,33-36,38-39H,1,3,8-15,18-25,27-30H2,2,4-7H3. The largest absolute Gasteiger partial charge is 0.465 e. The van der Waals surface area contributed by atoms with Gasteiger partial charge in [-0.2, -0.15) is 0 Å². The zero-order chi connectivity index (χ0) is 56.2. The van der Waals surface area contributed by atoms with Gasteiger partial charge in [0.15, 0.2) is 12.2 Å². The second-order valence-corrected chi connectivity index (χ2v) is 17.8. The van der Waals surface area contributed by atoms with Crippen LogP contribution in [-0.2, 0) is 100 Å². The van der Waals surface area contributed by atoms with Crippen LogP contribution in [0.15, 0.2) is 42.5 Å². The van der Waals surface area contributed by atoms with Gasteiger partial charge in [0.25, 0.3) is 0 Å². The van der Waals surface area contributed by atoms with Crippen molar-refractivity contribution >= 4 is 65.7 Å². The monoisotopic (exact) mass is 1080 g/mol. The van der Waals surface area contributed by atoms with Gasteiger partial charge < -0.3 is 61.6 Å². The van der Waals surface area contributed by atoms with Crippen LogP contribution in [0.5, 0.6) is 11.5 Å². The van der Waals surface area contributed by atoms with Crippen molar-refractivity contribution in [2.24, 2.45) is 23.7 Å². The topological polar surface area (TPSA) is 308 Å². The highest BCUT2D eigenvalue weighted by Gasteiger charge is 2.34. The molecule has 2 atom stereocenters. The number of ether oxygens (including phenoxy) is 13. The Morgan fingerprint density at radius 2 is 0.882 bits per heavy atom. The molecule has 420 valence electrons. The van der Waals surface area contributed by atoms with Crippen LogP contribution in [0.1, 0.15) is 101 Å². The molecule has 2 fully saturated rings. The first-order valence-corrected chi connectivity index (χ1v) is 24.6. The van der Waals surface area contributed by atoms with Crippen molar-refractivity contribution < 1.29 is 114 Å². The Labute approximate surface area is 439 Å². The molecule has 0 saturated heterocycles. The van der Waals surface area contributed by atoms with Crippen molar-refractivity contribution in [1.82, 2.24) is 0 Å². The van der Waals surface area contributed by atoms with E-state index in [2.05, 4.69) is 13.2 Å².